The number of hydrogen-bond donors (Lipinski definition) is 1. The Bertz CT molecular complexity index is 553. The molecule has 1 aromatic rings. The number of carboxylic acids is 1. The number of carboxylic acid groups (broad SMARTS) is 1. The number of ether oxygens (including phenoxy) is 1. The Hall–Kier alpha value is -0.250. The van der Waals surface area contributed by atoms with Gasteiger partial charge in [0.2, 0.25) is 0 Å². The van der Waals surface area contributed by atoms with Crippen LogP contribution < -0.4 is 4.74 Å². The van der Waals surface area contributed by atoms with Crippen molar-refractivity contribution < 1.29 is 17.5 Å². The molecule has 164 valence electrons. The number of benzene rings is 1. The fourth-order valence-electron chi connectivity index (χ4n) is 3.45. The van der Waals surface area contributed by atoms with Crippen molar-refractivity contribution in [2.45, 2.75) is 116 Å². The molecule has 1 N–H and O–H groups in total. The molecule has 0 fully saturated rings. The molecule has 0 atom stereocenters. The summed E-state index contributed by atoms with van der Waals surface area (Å²) in [6, 6.07) is 7.86. The number of aryl methyl sites for hydroxylation is 1. The Morgan fingerprint density at radius 2 is 1.38 bits per heavy atom. The normalized spacial score (nSPS) is 11.1. The maximum Gasteiger partial charge on any atom is 2.00 e. The monoisotopic (exact) mass is 432 g/mol. The van der Waals surface area contributed by atoms with Crippen LogP contribution in [0.3, 0.4) is 0 Å². The van der Waals surface area contributed by atoms with Gasteiger partial charge in [-0.25, -0.2) is 4.79 Å². The van der Waals surface area contributed by atoms with Gasteiger partial charge in [0.05, 0.1) is 0 Å². The van der Waals surface area contributed by atoms with Crippen LogP contribution in [0.15, 0.2) is 24.3 Å². The van der Waals surface area contributed by atoms with E-state index in [1.165, 1.54) is 89.0 Å². The minimum atomic E-state index is -1.20. The van der Waals surface area contributed by atoms with Crippen LogP contribution in [0.1, 0.15) is 113 Å². The molecule has 0 bridgehead atoms. The predicted molar refractivity (Wildman–Crippen MR) is 126 cm³/mol. The van der Waals surface area contributed by atoms with Crippen molar-refractivity contribution in [1.82, 2.24) is 0 Å². The third-order valence-corrected chi connectivity index (χ3v) is 5.36. The first kappa shape index (κ1) is 28.7. The molecule has 0 aliphatic rings. The van der Waals surface area contributed by atoms with Gasteiger partial charge in [0.1, 0.15) is 5.75 Å². The summed E-state index contributed by atoms with van der Waals surface area (Å²) < 4.78 is 5.62. The molecule has 3 nitrogen and oxygen atoms in total. The van der Waals surface area contributed by atoms with Crippen molar-refractivity contribution in [2.75, 3.05) is 0 Å². The number of aliphatic carboxylic acids is 1. The maximum absolute atomic E-state index is 11.2. The predicted octanol–water partition coefficient (Wildman–Crippen LogP) is 7.41. The molecule has 0 aromatic heterocycles. The van der Waals surface area contributed by atoms with E-state index in [-0.39, 0.29) is 40.6 Å². The van der Waals surface area contributed by atoms with Gasteiger partial charge in [-0.05, 0) is 44.4 Å². The second-order valence-electron chi connectivity index (χ2n) is 8.56. The summed E-state index contributed by atoms with van der Waals surface area (Å²) >= 11 is 0. The third kappa shape index (κ3) is 14.4. The second-order valence-corrected chi connectivity index (χ2v) is 8.56. The van der Waals surface area contributed by atoms with Crippen molar-refractivity contribution in [3.63, 3.8) is 0 Å². The minimum absolute atomic E-state index is 0. The van der Waals surface area contributed by atoms with Gasteiger partial charge in [-0.15, -0.1) is 0 Å². The molecule has 0 aliphatic carbocycles. The Balaban J connectivity index is -0.00000261. The summed E-state index contributed by atoms with van der Waals surface area (Å²) in [6.07, 6.45) is 18.8. The number of hydrogen-bond acceptors (Lipinski definition) is 2. The van der Waals surface area contributed by atoms with Crippen LogP contribution in [-0.2, 0) is 11.2 Å². The summed E-state index contributed by atoms with van der Waals surface area (Å²) in [5.74, 6) is -0.311. The minimum Gasteiger partial charge on any atom is -1.00 e. The van der Waals surface area contributed by atoms with Gasteiger partial charge in [0, 0.05) is 0 Å². The molecule has 1 aromatic carbocycles. The van der Waals surface area contributed by atoms with Gasteiger partial charge in [0.15, 0.2) is 5.60 Å². The van der Waals surface area contributed by atoms with Crippen LogP contribution in [0.25, 0.3) is 0 Å². The van der Waals surface area contributed by atoms with Crippen molar-refractivity contribution in [1.29, 1.82) is 0 Å². The van der Waals surface area contributed by atoms with Gasteiger partial charge in [0.25, 0.3) is 0 Å². The van der Waals surface area contributed by atoms with Crippen LogP contribution in [0.4, 0.5) is 0 Å². The summed E-state index contributed by atoms with van der Waals surface area (Å²) in [7, 11) is 0. The van der Waals surface area contributed by atoms with Crippen LogP contribution in [0.5, 0.6) is 5.75 Å². The summed E-state index contributed by atoms with van der Waals surface area (Å²) in [5, 5.41) is 9.18. The van der Waals surface area contributed by atoms with Gasteiger partial charge < -0.3 is 12.7 Å². The number of rotatable bonds is 17. The van der Waals surface area contributed by atoms with Crippen LogP contribution in [-0.4, -0.2) is 54.4 Å². The van der Waals surface area contributed by atoms with Crippen LogP contribution >= 0.6 is 0 Å². The number of unbranched alkanes of at least 4 members (excludes halogenated alkanes) is 12. The molecule has 0 heterocycles. The quantitative estimate of drug-likeness (QED) is 0.206. The molecule has 0 radical (unpaired) electrons. The van der Waals surface area contributed by atoms with Gasteiger partial charge >= 0.3 is 43.7 Å². The third-order valence-electron chi connectivity index (χ3n) is 5.36. The standard InChI is InChI=1S/C25H42O3.Ca.2H/c1-4-5-6-7-8-9-10-11-12-13-14-15-16-18-22-19-17-20-23(21-22)28-25(2,3)24(26)27;;;/h17,19-21H,4-16,18H2,1-3H3,(H,26,27);;;/q;+2;2*-1. The molecular formula is C25H44CaO3. The molecule has 0 aliphatic heterocycles. The van der Waals surface area contributed by atoms with E-state index in [0.29, 0.717) is 5.75 Å². The van der Waals surface area contributed by atoms with Gasteiger partial charge in [-0.1, -0.05) is 96.1 Å². The molecular weight excluding hydrogens is 388 g/mol. The Kier molecular flexibility index (Phi) is 17.3. The van der Waals surface area contributed by atoms with Crippen molar-refractivity contribution in [2.24, 2.45) is 0 Å². The summed E-state index contributed by atoms with van der Waals surface area (Å²) in [6.45, 7) is 5.43. The zero-order valence-electron chi connectivity index (χ0n) is 21.2. The average molecular weight is 433 g/mol. The summed E-state index contributed by atoms with van der Waals surface area (Å²) in [4.78, 5) is 11.2. The Morgan fingerprint density at radius 3 is 1.86 bits per heavy atom. The first-order valence-corrected chi connectivity index (χ1v) is 11.5. The molecule has 0 unspecified atom stereocenters. The fraction of sp³-hybridized carbons (Fsp3) is 0.720. The van der Waals surface area contributed by atoms with Crippen molar-refractivity contribution in [3.8, 4) is 5.75 Å². The van der Waals surface area contributed by atoms with Gasteiger partial charge in [-0.2, -0.15) is 0 Å². The van der Waals surface area contributed by atoms with E-state index < -0.39 is 11.6 Å². The Labute approximate surface area is 212 Å². The molecule has 0 spiro atoms. The molecule has 29 heavy (non-hydrogen) atoms. The molecule has 0 saturated carbocycles. The number of carbonyl (C=O) groups is 1. The van der Waals surface area contributed by atoms with Crippen LogP contribution in [0.2, 0.25) is 0 Å². The fourth-order valence-corrected chi connectivity index (χ4v) is 3.45. The average Bonchev–Trinajstić information content (AvgIpc) is 2.65. The van der Waals surface area contributed by atoms with E-state index in [9.17, 15) is 9.90 Å². The van der Waals surface area contributed by atoms with Gasteiger partial charge in [-0.3, -0.25) is 0 Å². The van der Waals surface area contributed by atoms with E-state index in [0.717, 1.165) is 6.42 Å². The van der Waals surface area contributed by atoms with Crippen molar-refractivity contribution in [3.05, 3.63) is 29.8 Å². The zero-order valence-corrected chi connectivity index (χ0v) is 21.4. The molecule has 1 rings (SSSR count). The van der Waals surface area contributed by atoms with E-state index in [2.05, 4.69) is 13.0 Å². The topological polar surface area (TPSA) is 46.5 Å². The Morgan fingerprint density at radius 1 is 0.897 bits per heavy atom. The van der Waals surface area contributed by atoms with Crippen LogP contribution in [0, 0.1) is 0 Å². The SMILES string of the molecule is CCCCCCCCCCCCCCCc1cccc(OC(C)(C)C(=O)O)c1.[Ca+2].[H-].[H-]. The van der Waals surface area contributed by atoms with E-state index in [4.69, 9.17) is 4.74 Å². The van der Waals surface area contributed by atoms with E-state index in [1.807, 2.05) is 18.2 Å². The van der Waals surface area contributed by atoms with Crippen molar-refractivity contribution >= 4 is 43.7 Å². The molecule has 0 saturated heterocycles. The summed E-state index contributed by atoms with van der Waals surface area (Å²) in [5.41, 5.74) is 0.0236. The largest absolute Gasteiger partial charge is 2.00 e. The maximum atomic E-state index is 11.2. The van der Waals surface area contributed by atoms with E-state index in [1.54, 1.807) is 13.8 Å². The molecule has 0 amide bonds. The first-order valence-electron chi connectivity index (χ1n) is 11.5. The molecule has 4 heteroatoms. The first-order chi connectivity index (χ1) is 13.5. The zero-order chi connectivity index (χ0) is 20.7. The van der Waals surface area contributed by atoms with E-state index >= 15 is 0 Å². The second kappa shape index (κ2) is 17.4. The smallest absolute Gasteiger partial charge is 1.00 e.